The van der Waals surface area contributed by atoms with Crippen LogP contribution in [-0.2, 0) is 32.0 Å². The number of rotatable bonds is 3. The van der Waals surface area contributed by atoms with E-state index in [1.807, 2.05) is 30.5 Å². The summed E-state index contributed by atoms with van der Waals surface area (Å²) < 4.78 is 74.2. The minimum Gasteiger partial charge on any atom is -0.483 e. The van der Waals surface area contributed by atoms with E-state index in [9.17, 15) is 35.9 Å². The molecule has 2 aliphatic heterocycles. The van der Waals surface area contributed by atoms with Gasteiger partial charge in [-0.05, 0) is 48.2 Å². The lowest BCUT2D eigenvalue weighted by atomic mass is 10.0. The molecule has 15 nitrogen and oxygen atoms in total. The summed E-state index contributed by atoms with van der Waals surface area (Å²) in [7, 11) is 1.35. The summed E-state index contributed by atoms with van der Waals surface area (Å²) >= 11 is 6.33. The van der Waals surface area contributed by atoms with Gasteiger partial charge in [-0.1, -0.05) is 11.6 Å². The number of aryl methyl sites for hydroxylation is 2. The number of pyridine rings is 1. The molecule has 0 unspecified atom stereocenters. The summed E-state index contributed by atoms with van der Waals surface area (Å²) in [6.07, 6.45) is -4.11. The number of methoxy groups -OCH3 is 1. The van der Waals surface area contributed by atoms with Gasteiger partial charge in [-0.15, -0.1) is 0 Å². The molecule has 0 saturated carbocycles. The zero-order valence-electron chi connectivity index (χ0n) is 26.2. The van der Waals surface area contributed by atoms with Gasteiger partial charge in [0.25, 0.3) is 5.91 Å². The van der Waals surface area contributed by atoms with Crippen molar-refractivity contribution in [3.05, 3.63) is 59.0 Å². The molecule has 1 fully saturated rings. The van der Waals surface area contributed by atoms with E-state index in [1.165, 1.54) is 13.3 Å². The number of ether oxygens (including phenoxy) is 2. The van der Waals surface area contributed by atoms with Gasteiger partial charge in [-0.3, -0.25) is 9.78 Å². The quantitative estimate of drug-likeness (QED) is 0.270. The number of amides is 2. The number of hydrogen-bond donors (Lipinski definition) is 4. The molecule has 0 spiro atoms. The van der Waals surface area contributed by atoms with Gasteiger partial charge >= 0.3 is 30.4 Å². The first kappa shape index (κ1) is 39.8. The third kappa shape index (κ3) is 12.3. The van der Waals surface area contributed by atoms with Crippen LogP contribution in [0.15, 0.2) is 42.9 Å². The van der Waals surface area contributed by atoms with Gasteiger partial charge in [-0.2, -0.15) is 31.3 Å². The molecular formula is C29H28ClF6N7O8. The number of hydrogen-bond acceptors (Lipinski definition) is 11. The molecule has 0 radical (unpaired) electrons. The Balaban J connectivity index is 0.000000424. The molecule has 276 valence electrons. The lowest BCUT2D eigenvalue weighted by Gasteiger charge is -2.33. The van der Waals surface area contributed by atoms with Crippen molar-refractivity contribution in [2.45, 2.75) is 25.2 Å². The van der Waals surface area contributed by atoms with Crippen LogP contribution < -0.4 is 15.4 Å². The van der Waals surface area contributed by atoms with Gasteiger partial charge in [0.15, 0.2) is 12.4 Å². The fourth-order valence-electron chi connectivity index (χ4n) is 4.24. The second-order valence-corrected chi connectivity index (χ2v) is 10.7. The van der Waals surface area contributed by atoms with Crippen LogP contribution in [0.4, 0.5) is 54.3 Å². The van der Waals surface area contributed by atoms with Crippen molar-refractivity contribution in [2.24, 2.45) is 0 Å². The van der Waals surface area contributed by atoms with Gasteiger partial charge in [0.1, 0.15) is 10.8 Å². The van der Waals surface area contributed by atoms with Crippen molar-refractivity contribution in [1.29, 1.82) is 0 Å². The summed E-state index contributed by atoms with van der Waals surface area (Å²) in [5.74, 6) is -4.16. The number of carbonyl (C=O) groups excluding carboxylic acids is 2. The van der Waals surface area contributed by atoms with Crippen molar-refractivity contribution in [3.63, 3.8) is 0 Å². The number of carboxylic acid groups (broad SMARTS) is 2. The smallest absolute Gasteiger partial charge is 0.483 e. The highest BCUT2D eigenvalue weighted by Gasteiger charge is 2.39. The zero-order chi connectivity index (χ0) is 37.9. The molecule has 5 rings (SSSR count). The molecule has 0 aliphatic carbocycles. The molecule has 6 bridgehead atoms. The van der Waals surface area contributed by atoms with E-state index in [-0.39, 0.29) is 18.6 Å². The number of aliphatic carboxylic acids is 2. The SMILES string of the molecule is COC(=O)N1CCN(C(=O)COc2ccc3cc2CCc2cncc(c2)Nc2ncc(Cl)c(n2)N3)CC1.O=C(O)C(F)(F)F.O=C(O)C(F)(F)F. The molecular weight excluding hydrogens is 724 g/mol. The van der Waals surface area contributed by atoms with Crippen LogP contribution in [0.3, 0.4) is 0 Å². The van der Waals surface area contributed by atoms with Crippen molar-refractivity contribution >= 4 is 58.7 Å². The van der Waals surface area contributed by atoms with Gasteiger partial charge in [0.2, 0.25) is 5.95 Å². The number of aromatic nitrogens is 3. The van der Waals surface area contributed by atoms with Crippen LogP contribution in [-0.4, -0.2) is 111 Å². The Morgan fingerprint density at radius 2 is 1.47 bits per heavy atom. The first-order chi connectivity index (χ1) is 23.9. The topological polar surface area (TPSA) is 196 Å². The zero-order valence-corrected chi connectivity index (χ0v) is 27.0. The van der Waals surface area contributed by atoms with Gasteiger partial charge in [0, 0.05) is 38.1 Å². The molecule has 2 aliphatic rings. The van der Waals surface area contributed by atoms with E-state index in [0.29, 0.717) is 61.6 Å². The summed E-state index contributed by atoms with van der Waals surface area (Å²) in [4.78, 5) is 58.6. The van der Waals surface area contributed by atoms with E-state index in [2.05, 4.69) is 25.6 Å². The van der Waals surface area contributed by atoms with Gasteiger partial charge in [-0.25, -0.2) is 19.4 Å². The summed E-state index contributed by atoms with van der Waals surface area (Å²) in [5.41, 5.74) is 3.51. The largest absolute Gasteiger partial charge is 0.490 e. The Morgan fingerprint density at radius 1 is 0.863 bits per heavy atom. The molecule has 0 atom stereocenters. The predicted octanol–water partition coefficient (Wildman–Crippen LogP) is 4.67. The summed E-state index contributed by atoms with van der Waals surface area (Å²) in [6, 6.07) is 7.65. The van der Waals surface area contributed by atoms with Crippen LogP contribution >= 0.6 is 11.6 Å². The number of piperazine rings is 1. The maximum absolute atomic E-state index is 12.8. The highest BCUT2D eigenvalue weighted by molar-refractivity contribution is 6.32. The molecule has 4 N–H and O–H groups in total. The maximum atomic E-state index is 12.8. The number of fused-ring (bicyclic) bond motifs is 6. The summed E-state index contributed by atoms with van der Waals surface area (Å²) in [5, 5.41) is 21.0. The van der Waals surface area contributed by atoms with Crippen LogP contribution in [0.2, 0.25) is 5.02 Å². The number of nitrogens with one attached hydrogen (secondary N) is 2. The number of nitrogens with zero attached hydrogens (tertiary/aromatic N) is 5. The van der Waals surface area contributed by atoms with Crippen LogP contribution in [0, 0.1) is 0 Å². The Kier molecular flexibility index (Phi) is 13.6. The Labute approximate surface area is 289 Å². The van der Waals surface area contributed by atoms with Crippen LogP contribution in [0.1, 0.15) is 11.1 Å². The standard InChI is InChI=1S/C25H26ClN7O4.2C2HF3O2/c1-36-25(35)33-8-6-32(7-9-33)22(34)15-37-21-5-4-18-11-17(21)3-2-16-10-19(13-27-12-16)30-24-28-14-20(26)23(29-18)31-24;2*3-2(4,5)1(6)7/h4-5,10-14H,2-3,6-9,15H2,1H3,(H2,28,29,30,31);2*(H,6,7). The normalized spacial score (nSPS) is 13.8. The maximum Gasteiger partial charge on any atom is 0.490 e. The second-order valence-electron chi connectivity index (χ2n) is 10.3. The number of halogens is 7. The molecule has 1 saturated heterocycles. The minimum absolute atomic E-state index is 0.0972. The van der Waals surface area contributed by atoms with Gasteiger partial charge < -0.3 is 40.1 Å². The fraction of sp³-hybridized carbons (Fsp3) is 0.345. The molecule has 2 amide bonds. The third-order valence-corrected chi connectivity index (χ3v) is 6.98. The second kappa shape index (κ2) is 17.4. The van der Waals surface area contributed by atoms with Crippen LogP contribution in [0.5, 0.6) is 5.75 Å². The average molecular weight is 752 g/mol. The van der Waals surface area contributed by atoms with E-state index in [4.69, 9.17) is 40.9 Å². The lowest BCUT2D eigenvalue weighted by Crippen LogP contribution is -2.51. The van der Waals surface area contributed by atoms with Crippen LogP contribution in [0.25, 0.3) is 0 Å². The van der Waals surface area contributed by atoms with Gasteiger partial charge in [0.05, 0.1) is 25.2 Å². The fourth-order valence-corrected chi connectivity index (χ4v) is 4.38. The molecule has 2 aromatic heterocycles. The Bertz CT molecular complexity index is 1700. The number of anilines is 4. The third-order valence-electron chi connectivity index (χ3n) is 6.70. The molecule has 4 heterocycles. The van der Waals surface area contributed by atoms with Crippen molar-refractivity contribution < 1.29 is 65.2 Å². The average Bonchev–Trinajstić information content (AvgIpc) is 3.08. The van der Waals surface area contributed by atoms with Crippen molar-refractivity contribution in [2.75, 3.05) is 50.5 Å². The Morgan fingerprint density at radius 3 is 2.06 bits per heavy atom. The predicted molar refractivity (Wildman–Crippen MR) is 165 cm³/mol. The van der Waals surface area contributed by atoms with E-state index in [1.54, 1.807) is 16.0 Å². The Hall–Kier alpha value is -5.60. The summed E-state index contributed by atoms with van der Waals surface area (Å²) in [6.45, 7) is 1.64. The monoisotopic (exact) mass is 751 g/mol. The highest BCUT2D eigenvalue weighted by atomic mass is 35.5. The number of carbonyl (C=O) groups is 4. The number of benzene rings is 1. The van der Waals surface area contributed by atoms with E-state index < -0.39 is 24.3 Å². The number of carboxylic acids is 2. The molecule has 22 heteroatoms. The van der Waals surface area contributed by atoms with Crippen molar-refractivity contribution in [3.8, 4) is 5.75 Å². The molecule has 1 aromatic carbocycles. The first-order valence-corrected chi connectivity index (χ1v) is 14.7. The van der Waals surface area contributed by atoms with Crippen molar-refractivity contribution in [1.82, 2.24) is 24.8 Å². The highest BCUT2D eigenvalue weighted by Crippen LogP contribution is 2.30. The minimum atomic E-state index is -5.08. The molecule has 3 aromatic rings. The van der Waals surface area contributed by atoms with E-state index >= 15 is 0 Å². The first-order valence-electron chi connectivity index (χ1n) is 14.3. The number of alkyl halides is 6. The van der Waals surface area contributed by atoms with E-state index in [0.717, 1.165) is 22.5 Å². The lowest BCUT2D eigenvalue weighted by molar-refractivity contribution is -0.193. The molecule has 51 heavy (non-hydrogen) atoms.